The predicted octanol–water partition coefficient (Wildman–Crippen LogP) is 0.425. The van der Waals surface area contributed by atoms with Crippen LogP contribution in [0.1, 0.15) is 23.4 Å². The van der Waals surface area contributed by atoms with E-state index in [9.17, 15) is 4.79 Å². The van der Waals surface area contributed by atoms with Crippen molar-refractivity contribution in [1.29, 1.82) is 0 Å². The smallest absolute Gasteiger partial charge is 0.376 e. The average molecular weight is 257 g/mol. The van der Waals surface area contributed by atoms with Crippen LogP contribution < -0.4 is 0 Å². The molecule has 0 N–H and O–H groups in total. The molecule has 0 aliphatic carbocycles. The lowest BCUT2D eigenvalue weighted by atomic mass is 10.3. The molecule has 0 spiro atoms. The van der Waals surface area contributed by atoms with E-state index < -0.39 is 5.97 Å². The summed E-state index contributed by atoms with van der Waals surface area (Å²) in [5.74, 6) is 0.342. The molecule has 1 aromatic rings. The Morgan fingerprint density at radius 2 is 2.11 bits per heavy atom. The van der Waals surface area contributed by atoms with Gasteiger partial charge in [-0.3, -0.25) is 0 Å². The van der Waals surface area contributed by atoms with Gasteiger partial charge in [-0.2, -0.15) is 0 Å². The number of methoxy groups -OCH3 is 2. The Kier molecular flexibility index (Phi) is 5.73. The van der Waals surface area contributed by atoms with E-state index in [1.54, 1.807) is 32.6 Å². The second-order valence-electron chi connectivity index (χ2n) is 3.71. The van der Waals surface area contributed by atoms with Crippen LogP contribution in [0.15, 0.2) is 0 Å². The molecule has 0 fully saturated rings. The number of nitrogens with zero attached hydrogens (tertiary/aromatic N) is 3. The van der Waals surface area contributed by atoms with Crippen LogP contribution in [0.5, 0.6) is 0 Å². The van der Waals surface area contributed by atoms with E-state index >= 15 is 0 Å². The molecular formula is C11H19N3O4. The number of carbonyl (C=O) groups is 1. The van der Waals surface area contributed by atoms with Crippen molar-refractivity contribution >= 4 is 5.97 Å². The Morgan fingerprint density at radius 3 is 2.67 bits per heavy atom. The highest BCUT2D eigenvalue weighted by Gasteiger charge is 2.20. The Morgan fingerprint density at radius 1 is 1.39 bits per heavy atom. The van der Waals surface area contributed by atoms with Crippen molar-refractivity contribution in [3.63, 3.8) is 0 Å². The summed E-state index contributed by atoms with van der Waals surface area (Å²) in [6.07, 6.45) is -0.169. The minimum Gasteiger partial charge on any atom is -0.460 e. The highest BCUT2D eigenvalue weighted by atomic mass is 16.5. The van der Waals surface area contributed by atoms with Crippen LogP contribution in [0.3, 0.4) is 0 Å². The van der Waals surface area contributed by atoms with Gasteiger partial charge < -0.3 is 18.8 Å². The number of rotatable bonds is 7. The summed E-state index contributed by atoms with van der Waals surface area (Å²) < 4.78 is 16.9. The van der Waals surface area contributed by atoms with Crippen LogP contribution in [0.4, 0.5) is 0 Å². The molecule has 0 radical (unpaired) electrons. The summed E-state index contributed by atoms with van der Waals surface area (Å²) in [6.45, 7) is 4.69. The van der Waals surface area contributed by atoms with Crippen molar-refractivity contribution < 1.29 is 19.0 Å². The zero-order valence-corrected chi connectivity index (χ0v) is 11.2. The van der Waals surface area contributed by atoms with Gasteiger partial charge >= 0.3 is 5.97 Å². The molecule has 0 saturated heterocycles. The molecule has 18 heavy (non-hydrogen) atoms. The number of ether oxygens (including phenoxy) is 3. The van der Waals surface area contributed by atoms with Crippen molar-refractivity contribution in [2.75, 3.05) is 27.4 Å². The van der Waals surface area contributed by atoms with Gasteiger partial charge in [0, 0.05) is 14.2 Å². The van der Waals surface area contributed by atoms with E-state index in [0.29, 0.717) is 25.6 Å². The van der Waals surface area contributed by atoms with Gasteiger partial charge in [-0.25, -0.2) is 4.79 Å². The average Bonchev–Trinajstić information content (AvgIpc) is 2.71. The highest BCUT2D eigenvalue weighted by molar-refractivity contribution is 5.85. The molecule has 0 aliphatic rings. The van der Waals surface area contributed by atoms with Gasteiger partial charge in [-0.1, -0.05) is 0 Å². The first kappa shape index (κ1) is 14.6. The molecule has 0 saturated carbocycles. The minimum absolute atomic E-state index is 0.169. The number of aromatic nitrogens is 3. The highest BCUT2D eigenvalue weighted by Crippen LogP contribution is 2.06. The van der Waals surface area contributed by atoms with Crippen LogP contribution in [0.25, 0.3) is 0 Å². The van der Waals surface area contributed by atoms with Crippen LogP contribution in [-0.2, 0) is 20.8 Å². The quantitative estimate of drug-likeness (QED) is 0.659. The zero-order chi connectivity index (χ0) is 13.5. The van der Waals surface area contributed by atoms with Crippen LogP contribution in [0, 0.1) is 6.92 Å². The summed E-state index contributed by atoms with van der Waals surface area (Å²) in [6, 6.07) is 0. The first-order valence-electron chi connectivity index (χ1n) is 5.72. The predicted molar refractivity (Wildman–Crippen MR) is 63.4 cm³/mol. The third kappa shape index (κ3) is 3.51. The number of esters is 1. The van der Waals surface area contributed by atoms with Gasteiger partial charge in [0.15, 0.2) is 0 Å². The normalized spacial score (nSPS) is 12.4. The Bertz CT molecular complexity index is 392. The van der Waals surface area contributed by atoms with E-state index in [4.69, 9.17) is 14.2 Å². The van der Waals surface area contributed by atoms with Gasteiger partial charge in [0.2, 0.25) is 5.82 Å². The number of hydrogen-bond donors (Lipinski definition) is 0. The molecule has 0 aliphatic heterocycles. The summed E-state index contributed by atoms with van der Waals surface area (Å²) >= 11 is 0. The molecule has 7 heteroatoms. The van der Waals surface area contributed by atoms with Gasteiger partial charge in [0.1, 0.15) is 5.82 Å². The van der Waals surface area contributed by atoms with Crippen LogP contribution in [0.2, 0.25) is 0 Å². The molecular weight excluding hydrogens is 238 g/mol. The van der Waals surface area contributed by atoms with Gasteiger partial charge in [-0.15, -0.1) is 10.2 Å². The van der Waals surface area contributed by atoms with Crippen molar-refractivity contribution in [1.82, 2.24) is 14.8 Å². The number of aryl methyl sites for hydroxylation is 1. The van der Waals surface area contributed by atoms with Crippen molar-refractivity contribution in [3.05, 3.63) is 11.6 Å². The van der Waals surface area contributed by atoms with Gasteiger partial charge in [-0.05, 0) is 13.8 Å². The van der Waals surface area contributed by atoms with Crippen LogP contribution >= 0.6 is 0 Å². The standard InChI is InChI=1S/C11H19N3O4/c1-5-18-11(15)10-13-12-8(2)14(10)6-9(17-4)7-16-3/h9H,5-7H2,1-4H3. The molecule has 0 bridgehead atoms. The summed E-state index contributed by atoms with van der Waals surface area (Å²) in [5, 5.41) is 7.71. The molecule has 102 valence electrons. The first-order chi connectivity index (χ1) is 8.63. The van der Waals surface area contributed by atoms with Crippen LogP contribution in [-0.4, -0.2) is 54.3 Å². The third-order valence-corrected chi connectivity index (χ3v) is 2.47. The molecule has 0 aromatic carbocycles. The zero-order valence-electron chi connectivity index (χ0n) is 11.2. The lowest BCUT2D eigenvalue weighted by Gasteiger charge is -2.16. The largest absolute Gasteiger partial charge is 0.460 e. The number of carbonyl (C=O) groups excluding carboxylic acids is 1. The maximum absolute atomic E-state index is 11.7. The third-order valence-electron chi connectivity index (χ3n) is 2.47. The Labute approximate surface area is 106 Å². The SMILES string of the molecule is CCOC(=O)c1nnc(C)n1CC(COC)OC. The van der Waals surface area contributed by atoms with Gasteiger partial charge in [0.05, 0.1) is 25.9 Å². The summed E-state index contributed by atoms with van der Waals surface area (Å²) in [7, 11) is 3.19. The monoisotopic (exact) mass is 257 g/mol. The molecule has 7 nitrogen and oxygen atoms in total. The maximum Gasteiger partial charge on any atom is 0.376 e. The lowest BCUT2D eigenvalue weighted by Crippen LogP contribution is -2.26. The Hall–Kier alpha value is -1.47. The molecule has 1 aromatic heterocycles. The molecule has 1 heterocycles. The van der Waals surface area contributed by atoms with Crippen molar-refractivity contribution in [3.8, 4) is 0 Å². The second kappa shape index (κ2) is 7.07. The Balaban J connectivity index is 2.86. The number of hydrogen-bond acceptors (Lipinski definition) is 6. The molecule has 1 unspecified atom stereocenters. The molecule has 1 atom stereocenters. The molecule has 0 amide bonds. The second-order valence-corrected chi connectivity index (χ2v) is 3.71. The van der Waals surface area contributed by atoms with Crippen molar-refractivity contribution in [2.45, 2.75) is 26.5 Å². The van der Waals surface area contributed by atoms with E-state index in [0.717, 1.165) is 0 Å². The fraction of sp³-hybridized carbons (Fsp3) is 0.727. The lowest BCUT2D eigenvalue weighted by molar-refractivity contribution is 0.0166. The topological polar surface area (TPSA) is 75.5 Å². The van der Waals surface area contributed by atoms with Crippen molar-refractivity contribution in [2.24, 2.45) is 0 Å². The minimum atomic E-state index is -0.481. The maximum atomic E-state index is 11.7. The fourth-order valence-electron chi connectivity index (χ4n) is 1.53. The van der Waals surface area contributed by atoms with E-state index in [2.05, 4.69) is 10.2 Å². The molecule has 1 rings (SSSR count). The van der Waals surface area contributed by atoms with Gasteiger partial charge in [0.25, 0.3) is 0 Å². The van der Waals surface area contributed by atoms with E-state index in [1.807, 2.05) is 0 Å². The first-order valence-corrected chi connectivity index (χ1v) is 5.72. The summed E-state index contributed by atoms with van der Waals surface area (Å²) in [4.78, 5) is 11.7. The van der Waals surface area contributed by atoms with E-state index in [-0.39, 0.29) is 11.9 Å². The van der Waals surface area contributed by atoms with E-state index in [1.165, 1.54) is 0 Å². The summed E-state index contributed by atoms with van der Waals surface area (Å²) in [5.41, 5.74) is 0. The fourth-order valence-corrected chi connectivity index (χ4v) is 1.53.